The summed E-state index contributed by atoms with van der Waals surface area (Å²) in [5, 5.41) is 9.59. The first-order chi connectivity index (χ1) is 6.00. The van der Waals surface area contributed by atoms with E-state index in [-0.39, 0.29) is 6.10 Å². The van der Waals surface area contributed by atoms with Crippen molar-refractivity contribution in [2.24, 2.45) is 5.92 Å². The van der Waals surface area contributed by atoms with Gasteiger partial charge in [0.05, 0.1) is 6.10 Å². The van der Waals surface area contributed by atoms with Crippen LogP contribution in [-0.4, -0.2) is 34.7 Å². The predicted octanol–water partition coefficient (Wildman–Crippen LogP) is 1.88. The van der Waals surface area contributed by atoms with Gasteiger partial charge in [0.2, 0.25) is 0 Å². The van der Waals surface area contributed by atoms with Crippen molar-refractivity contribution in [3.8, 4) is 0 Å². The number of aliphatic hydroxyl groups excluding tert-OH is 1. The Balaban J connectivity index is 2.50. The fourth-order valence-electron chi connectivity index (χ4n) is 2.32. The van der Waals surface area contributed by atoms with Gasteiger partial charge in [0.1, 0.15) is 0 Å². The zero-order chi connectivity index (χ0) is 10.0. The summed E-state index contributed by atoms with van der Waals surface area (Å²) in [4.78, 5) is 2.44. The summed E-state index contributed by atoms with van der Waals surface area (Å²) in [7, 11) is 0. The van der Waals surface area contributed by atoms with Crippen molar-refractivity contribution >= 4 is 0 Å². The second-order valence-corrected chi connectivity index (χ2v) is 4.96. The summed E-state index contributed by atoms with van der Waals surface area (Å²) in [6.45, 7) is 9.80. The van der Waals surface area contributed by atoms with E-state index >= 15 is 0 Å². The Hall–Kier alpha value is -0.0800. The summed E-state index contributed by atoms with van der Waals surface area (Å²) in [5.74, 6) is 0.733. The minimum absolute atomic E-state index is 0.0915. The molecule has 1 fully saturated rings. The quantitative estimate of drug-likeness (QED) is 0.725. The Morgan fingerprint density at radius 1 is 1.31 bits per heavy atom. The molecule has 2 atom stereocenters. The van der Waals surface area contributed by atoms with Gasteiger partial charge in [-0.3, -0.25) is 4.90 Å². The SMILES string of the molecule is CC(C)C[C@@H]1C[C@@H](O)CN1C(C)C. The van der Waals surface area contributed by atoms with Gasteiger partial charge in [-0.1, -0.05) is 13.8 Å². The molecule has 1 aliphatic rings. The van der Waals surface area contributed by atoms with Crippen LogP contribution in [-0.2, 0) is 0 Å². The molecule has 0 saturated carbocycles. The lowest BCUT2D eigenvalue weighted by atomic mass is 10.0. The standard InChI is InChI=1S/C11H23NO/c1-8(2)5-10-6-11(13)7-12(10)9(3)4/h8-11,13H,5-7H2,1-4H3/t10-,11-/m1/s1. The monoisotopic (exact) mass is 185 g/mol. The lowest BCUT2D eigenvalue weighted by molar-refractivity contribution is 0.154. The predicted molar refractivity (Wildman–Crippen MR) is 55.7 cm³/mol. The van der Waals surface area contributed by atoms with E-state index in [1.807, 2.05) is 0 Å². The molecule has 0 spiro atoms. The molecule has 1 saturated heterocycles. The van der Waals surface area contributed by atoms with Crippen LogP contribution in [0.3, 0.4) is 0 Å². The number of hydrogen-bond donors (Lipinski definition) is 1. The molecule has 2 nitrogen and oxygen atoms in total. The lowest BCUT2D eigenvalue weighted by Crippen LogP contribution is -2.36. The fraction of sp³-hybridized carbons (Fsp3) is 1.00. The van der Waals surface area contributed by atoms with E-state index in [1.54, 1.807) is 0 Å². The van der Waals surface area contributed by atoms with Gasteiger partial charge in [0, 0.05) is 18.6 Å². The molecular formula is C11H23NO. The van der Waals surface area contributed by atoms with Crippen LogP contribution in [0.4, 0.5) is 0 Å². The molecule has 13 heavy (non-hydrogen) atoms. The highest BCUT2D eigenvalue weighted by atomic mass is 16.3. The Kier molecular flexibility index (Phi) is 3.74. The van der Waals surface area contributed by atoms with Crippen molar-refractivity contribution in [3.05, 3.63) is 0 Å². The first kappa shape index (κ1) is 11.0. The molecule has 78 valence electrons. The lowest BCUT2D eigenvalue weighted by Gasteiger charge is -2.28. The Morgan fingerprint density at radius 2 is 1.92 bits per heavy atom. The normalized spacial score (nSPS) is 30.7. The van der Waals surface area contributed by atoms with Gasteiger partial charge in [-0.15, -0.1) is 0 Å². The highest BCUT2D eigenvalue weighted by molar-refractivity contribution is 4.87. The average molecular weight is 185 g/mol. The smallest absolute Gasteiger partial charge is 0.0682 e. The highest BCUT2D eigenvalue weighted by Crippen LogP contribution is 2.25. The third-order valence-electron chi connectivity index (χ3n) is 2.84. The maximum absolute atomic E-state index is 9.59. The van der Waals surface area contributed by atoms with Crippen LogP contribution in [0.1, 0.15) is 40.5 Å². The van der Waals surface area contributed by atoms with Crippen LogP contribution < -0.4 is 0 Å². The molecule has 1 heterocycles. The molecule has 0 amide bonds. The second-order valence-electron chi connectivity index (χ2n) is 4.96. The van der Waals surface area contributed by atoms with Crippen molar-refractivity contribution in [3.63, 3.8) is 0 Å². The third kappa shape index (κ3) is 2.96. The molecule has 1 rings (SSSR count). The van der Waals surface area contributed by atoms with Gasteiger partial charge in [-0.25, -0.2) is 0 Å². The maximum atomic E-state index is 9.59. The number of aliphatic hydroxyl groups is 1. The summed E-state index contributed by atoms with van der Waals surface area (Å²) < 4.78 is 0. The van der Waals surface area contributed by atoms with Crippen LogP contribution in [0.5, 0.6) is 0 Å². The largest absolute Gasteiger partial charge is 0.392 e. The van der Waals surface area contributed by atoms with Gasteiger partial charge in [-0.05, 0) is 32.6 Å². The van der Waals surface area contributed by atoms with E-state index < -0.39 is 0 Å². The van der Waals surface area contributed by atoms with Gasteiger partial charge >= 0.3 is 0 Å². The van der Waals surface area contributed by atoms with Crippen molar-refractivity contribution in [2.75, 3.05) is 6.54 Å². The molecular weight excluding hydrogens is 162 g/mol. The van der Waals surface area contributed by atoms with E-state index in [2.05, 4.69) is 32.6 Å². The summed E-state index contributed by atoms with van der Waals surface area (Å²) in [5.41, 5.74) is 0. The molecule has 0 aromatic rings. The number of β-amino-alcohol motifs (C(OH)–C–C–N with tert-alkyl or cyclic N) is 1. The molecule has 0 aliphatic carbocycles. The molecule has 0 aromatic carbocycles. The highest BCUT2D eigenvalue weighted by Gasteiger charge is 2.32. The number of rotatable bonds is 3. The summed E-state index contributed by atoms with van der Waals surface area (Å²) in [6, 6.07) is 1.18. The molecule has 0 bridgehead atoms. The van der Waals surface area contributed by atoms with Crippen LogP contribution in [0.15, 0.2) is 0 Å². The third-order valence-corrected chi connectivity index (χ3v) is 2.84. The Morgan fingerprint density at radius 3 is 2.38 bits per heavy atom. The van der Waals surface area contributed by atoms with Gasteiger partial charge in [-0.2, -0.15) is 0 Å². The van der Waals surface area contributed by atoms with E-state index in [0.29, 0.717) is 12.1 Å². The fourth-order valence-corrected chi connectivity index (χ4v) is 2.32. The molecule has 0 unspecified atom stereocenters. The second kappa shape index (κ2) is 4.43. The van der Waals surface area contributed by atoms with Crippen LogP contribution >= 0.6 is 0 Å². The van der Waals surface area contributed by atoms with E-state index in [4.69, 9.17) is 0 Å². The molecule has 0 radical (unpaired) electrons. The topological polar surface area (TPSA) is 23.5 Å². The van der Waals surface area contributed by atoms with Gasteiger partial charge < -0.3 is 5.11 Å². The molecule has 1 aliphatic heterocycles. The van der Waals surface area contributed by atoms with Gasteiger partial charge in [0.15, 0.2) is 0 Å². The number of likely N-dealkylation sites (tertiary alicyclic amines) is 1. The van der Waals surface area contributed by atoms with Crippen molar-refractivity contribution < 1.29 is 5.11 Å². The van der Waals surface area contributed by atoms with Crippen LogP contribution in [0.25, 0.3) is 0 Å². The Bertz CT molecular complexity index is 156. The molecule has 2 heteroatoms. The zero-order valence-electron chi connectivity index (χ0n) is 9.33. The number of hydrogen-bond acceptors (Lipinski definition) is 2. The van der Waals surface area contributed by atoms with E-state index in [9.17, 15) is 5.11 Å². The first-order valence-corrected chi connectivity index (χ1v) is 5.44. The minimum Gasteiger partial charge on any atom is -0.392 e. The van der Waals surface area contributed by atoms with Crippen molar-refractivity contribution in [1.82, 2.24) is 4.90 Å². The zero-order valence-corrected chi connectivity index (χ0v) is 9.33. The summed E-state index contributed by atoms with van der Waals surface area (Å²) in [6.07, 6.45) is 2.09. The van der Waals surface area contributed by atoms with Crippen molar-refractivity contribution in [2.45, 2.75) is 58.7 Å². The number of nitrogens with zero attached hydrogens (tertiary/aromatic N) is 1. The summed E-state index contributed by atoms with van der Waals surface area (Å²) >= 11 is 0. The van der Waals surface area contributed by atoms with Gasteiger partial charge in [0.25, 0.3) is 0 Å². The first-order valence-electron chi connectivity index (χ1n) is 5.44. The Labute approximate surface area is 81.9 Å². The minimum atomic E-state index is -0.0915. The van der Waals surface area contributed by atoms with Crippen LogP contribution in [0.2, 0.25) is 0 Å². The van der Waals surface area contributed by atoms with E-state index in [0.717, 1.165) is 18.9 Å². The molecule has 1 N–H and O–H groups in total. The average Bonchev–Trinajstić information content (AvgIpc) is 2.29. The van der Waals surface area contributed by atoms with E-state index in [1.165, 1.54) is 6.42 Å². The maximum Gasteiger partial charge on any atom is 0.0682 e. The van der Waals surface area contributed by atoms with Crippen molar-refractivity contribution in [1.29, 1.82) is 0 Å². The van der Waals surface area contributed by atoms with Crippen LogP contribution in [0, 0.1) is 5.92 Å². The molecule has 0 aromatic heterocycles.